The third-order valence-electron chi connectivity index (χ3n) is 2.45. The fraction of sp³-hybridized carbons (Fsp3) is 0.214. The molecule has 0 spiro atoms. The van der Waals surface area contributed by atoms with Crippen LogP contribution in [0.4, 0.5) is 0 Å². The molecule has 0 radical (unpaired) electrons. The lowest BCUT2D eigenvalue weighted by atomic mass is 10.3. The van der Waals surface area contributed by atoms with Crippen molar-refractivity contribution in [1.29, 1.82) is 0 Å². The average molecular weight is 342 g/mol. The maximum Gasteiger partial charge on any atom is 0.219 e. The van der Waals surface area contributed by atoms with Crippen molar-refractivity contribution in [2.45, 2.75) is 13.5 Å². The molecular formula is C14H14BrClN2O. The molecule has 0 aliphatic rings. The molecule has 0 saturated carbocycles. The number of nitrogens with zero attached hydrogens (tertiary/aromatic N) is 1. The van der Waals surface area contributed by atoms with Gasteiger partial charge in [-0.2, -0.15) is 0 Å². The van der Waals surface area contributed by atoms with Crippen LogP contribution in [0.2, 0.25) is 5.02 Å². The highest BCUT2D eigenvalue weighted by atomic mass is 79.9. The van der Waals surface area contributed by atoms with Gasteiger partial charge in [0.15, 0.2) is 0 Å². The zero-order chi connectivity index (χ0) is 13.7. The van der Waals surface area contributed by atoms with Gasteiger partial charge in [-0.25, -0.2) is 4.98 Å². The van der Waals surface area contributed by atoms with E-state index in [1.807, 2.05) is 30.3 Å². The highest BCUT2D eigenvalue weighted by Gasteiger charge is 2.05. The number of benzene rings is 1. The number of nitrogens with one attached hydrogen (secondary N) is 1. The van der Waals surface area contributed by atoms with Gasteiger partial charge < -0.3 is 10.1 Å². The van der Waals surface area contributed by atoms with Crippen molar-refractivity contribution in [2.75, 3.05) is 6.54 Å². The Morgan fingerprint density at radius 2 is 2.16 bits per heavy atom. The fourth-order valence-electron chi connectivity index (χ4n) is 1.54. The van der Waals surface area contributed by atoms with E-state index < -0.39 is 0 Å². The lowest BCUT2D eigenvalue weighted by molar-refractivity contribution is 0.460. The first-order chi connectivity index (χ1) is 9.19. The molecule has 0 aliphatic carbocycles. The number of aromatic nitrogens is 1. The largest absolute Gasteiger partial charge is 0.437 e. The number of rotatable bonds is 5. The van der Waals surface area contributed by atoms with Crippen molar-refractivity contribution in [3.63, 3.8) is 0 Å². The van der Waals surface area contributed by atoms with Crippen LogP contribution in [0.1, 0.15) is 12.6 Å². The Bertz CT molecular complexity index is 563. The molecule has 0 fully saturated rings. The van der Waals surface area contributed by atoms with Crippen molar-refractivity contribution in [1.82, 2.24) is 10.3 Å². The van der Waals surface area contributed by atoms with E-state index in [0.29, 0.717) is 16.7 Å². The molecule has 0 bridgehead atoms. The van der Waals surface area contributed by atoms with Gasteiger partial charge in [0.25, 0.3) is 0 Å². The molecule has 0 unspecified atom stereocenters. The van der Waals surface area contributed by atoms with Gasteiger partial charge in [-0.15, -0.1) is 0 Å². The summed E-state index contributed by atoms with van der Waals surface area (Å²) in [4.78, 5) is 4.41. The Balaban J connectivity index is 2.14. The second-order valence-corrected chi connectivity index (χ2v) is 5.25. The van der Waals surface area contributed by atoms with Crippen molar-refractivity contribution in [3.05, 3.63) is 51.6 Å². The van der Waals surface area contributed by atoms with E-state index in [4.69, 9.17) is 16.3 Å². The summed E-state index contributed by atoms with van der Waals surface area (Å²) in [6.45, 7) is 3.69. The highest BCUT2D eigenvalue weighted by molar-refractivity contribution is 9.10. The van der Waals surface area contributed by atoms with Crippen LogP contribution in [0.5, 0.6) is 11.6 Å². The molecule has 0 saturated heterocycles. The lowest BCUT2D eigenvalue weighted by Crippen LogP contribution is -2.12. The summed E-state index contributed by atoms with van der Waals surface area (Å²) in [6.07, 6.45) is 0. The Morgan fingerprint density at radius 1 is 1.32 bits per heavy atom. The van der Waals surface area contributed by atoms with E-state index in [1.54, 1.807) is 6.07 Å². The van der Waals surface area contributed by atoms with Crippen LogP contribution in [-0.4, -0.2) is 11.5 Å². The first-order valence-electron chi connectivity index (χ1n) is 5.98. The smallest absolute Gasteiger partial charge is 0.219 e. The van der Waals surface area contributed by atoms with Crippen LogP contribution in [0.15, 0.2) is 40.9 Å². The quantitative estimate of drug-likeness (QED) is 0.875. The second-order valence-electron chi connectivity index (χ2n) is 3.92. The molecule has 100 valence electrons. The zero-order valence-corrected chi connectivity index (χ0v) is 12.8. The van der Waals surface area contributed by atoms with Crippen LogP contribution < -0.4 is 10.1 Å². The molecule has 3 nitrogen and oxygen atoms in total. The van der Waals surface area contributed by atoms with Crippen LogP contribution >= 0.6 is 27.5 Å². The molecule has 1 aromatic heterocycles. The summed E-state index contributed by atoms with van der Waals surface area (Å²) in [5.74, 6) is 1.14. The lowest BCUT2D eigenvalue weighted by Gasteiger charge is -2.08. The van der Waals surface area contributed by atoms with Crippen LogP contribution in [0, 0.1) is 0 Å². The van der Waals surface area contributed by atoms with E-state index in [2.05, 4.69) is 33.2 Å². The van der Waals surface area contributed by atoms with Crippen LogP contribution in [-0.2, 0) is 6.54 Å². The fourth-order valence-corrected chi connectivity index (χ4v) is 2.25. The van der Waals surface area contributed by atoms with Crippen molar-refractivity contribution < 1.29 is 4.74 Å². The summed E-state index contributed by atoms with van der Waals surface area (Å²) in [6, 6.07) is 11.2. The maximum absolute atomic E-state index is 6.11. The minimum absolute atomic E-state index is 0.541. The molecule has 19 heavy (non-hydrogen) atoms. The minimum atomic E-state index is 0.541. The number of pyridine rings is 1. The topological polar surface area (TPSA) is 34.1 Å². The number of ether oxygens (including phenoxy) is 1. The second kappa shape index (κ2) is 6.89. The molecule has 1 N–H and O–H groups in total. The molecule has 2 rings (SSSR count). The van der Waals surface area contributed by atoms with Gasteiger partial charge in [0, 0.05) is 17.1 Å². The van der Waals surface area contributed by atoms with Gasteiger partial charge in [-0.1, -0.05) is 40.5 Å². The van der Waals surface area contributed by atoms with E-state index in [0.717, 1.165) is 23.3 Å². The SMILES string of the molecule is CCNCc1cccc(Oc2ccc(Br)cc2Cl)n1. The number of hydrogen-bond acceptors (Lipinski definition) is 3. The number of halogens is 2. The van der Waals surface area contributed by atoms with E-state index in [9.17, 15) is 0 Å². The van der Waals surface area contributed by atoms with Gasteiger partial charge >= 0.3 is 0 Å². The van der Waals surface area contributed by atoms with Crippen LogP contribution in [0.25, 0.3) is 0 Å². The van der Waals surface area contributed by atoms with Gasteiger partial charge in [0.05, 0.1) is 10.7 Å². The first-order valence-corrected chi connectivity index (χ1v) is 7.15. The van der Waals surface area contributed by atoms with Crippen molar-refractivity contribution >= 4 is 27.5 Å². The van der Waals surface area contributed by atoms with E-state index in [1.165, 1.54) is 0 Å². The molecule has 2 aromatic rings. The minimum Gasteiger partial charge on any atom is -0.437 e. The molecule has 0 amide bonds. The highest BCUT2D eigenvalue weighted by Crippen LogP contribution is 2.30. The Labute approximate surface area is 126 Å². The van der Waals surface area contributed by atoms with Crippen LogP contribution in [0.3, 0.4) is 0 Å². The molecule has 1 aromatic carbocycles. The summed E-state index contributed by atoms with van der Waals surface area (Å²) >= 11 is 9.47. The maximum atomic E-state index is 6.11. The standard InChI is InChI=1S/C14H14BrClN2O/c1-2-17-9-11-4-3-5-14(18-11)19-13-7-6-10(15)8-12(13)16/h3-8,17H,2,9H2,1H3. The third kappa shape index (κ3) is 4.20. The van der Waals surface area contributed by atoms with Gasteiger partial charge in [-0.3, -0.25) is 0 Å². The average Bonchev–Trinajstić information content (AvgIpc) is 2.40. The predicted molar refractivity (Wildman–Crippen MR) is 80.8 cm³/mol. The normalized spacial score (nSPS) is 10.5. The van der Waals surface area contributed by atoms with Crippen molar-refractivity contribution in [2.24, 2.45) is 0 Å². The van der Waals surface area contributed by atoms with Gasteiger partial charge in [0.1, 0.15) is 5.75 Å². The molecule has 5 heteroatoms. The van der Waals surface area contributed by atoms with E-state index >= 15 is 0 Å². The summed E-state index contributed by atoms with van der Waals surface area (Å²) in [7, 11) is 0. The Hall–Kier alpha value is -1.10. The summed E-state index contributed by atoms with van der Waals surface area (Å²) in [5.41, 5.74) is 0.938. The summed E-state index contributed by atoms with van der Waals surface area (Å²) < 4.78 is 6.61. The molecule has 0 atom stereocenters. The van der Waals surface area contributed by atoms with Crippen molar-refractivity contribution in [3.8, 4) is 11.6 Å². The Kier molecular flexibility index (Phi) is 5.19. The van der Waals surface area contributed by atoms with Gasteiger partial charge in [0.2, 0.25) is 5.88 Å². The Morgan fingerprint density at radius 3 is 2.89 bits per heavy atom. The molecule has 1 heterocycles. The third-order valence-corrected chi connectivity index (χ3v) is 3.23. The van der Waals surface area contributed by atoms with E-state index in [-0.39, 0.29) is 0 Å². The number of hydrogen-bond donors (Lipinski definition) is 1. The molecule has 0 aliphatic heterocycles. The predicted octanol–water partition coefficient (Wildman–Crippen LogP) is 4.40. The van der Waals surface area contributed by atoms with Gasteiger partial charge in [-0.05, 0) is 30.8 Å². The molecular weight excluding hydrogens is 328 g/mol. The monoisotopic (exact) mass is 340 g/mol. The summed E-state index contributed by atoms with van der Waals surface area (Å²) in [5, 5.41) is 3.77. The zero-order valence-electron chi connectivity index (χ0n) is 10.5. The first kappa shape index (κ1) is 14.3.